The molecule has 0 radical (unpaired) electrons. The van der Waals surface area contributed by atoms with Crippen molar-refractivity contribution in [3.63, 3.8) is 0 Å². The number of aryl methyl sites for hydroxylation is 1. The Balaban J connectivity index is 2.24. The van der Waals surface area contributed by atoms with Crippen molar-refractivity contribution >= 4 is 11.3 Å². The first-order valence-electron chi connectivity index (χ1n) is 4.51. The van der Waals surface area contributed by atoms with Gasteiger partial charge in [-0.1, -0.05) is 0 Å². The molecule has 0 fully saturated rings. The molecule has 0 bridgehead atoms. The molecule has 2 rings (SSSR count). The van der Waals surface area contributed by atoms with Crippen molar-refractivity contribution < 1.29 is 0 Å². The number of thiophene rings is 1. The van der Waals surface area contributed by atoms with Crippen LogP contribution in [0.4, 0.5) is 0 Å². The van der Waals surface area contributed by atoms with E-state index in [0.29, 0.717) is 0 Å². The second-order valence-electron chi connectivity index (χ2n) is 3.21. The monoisotopic (exact) mass is 207 g/mol. The van der Waals surface area contributed by atoms with Crippen LogP contribution in [-0.4, -0.2) is 16.8 Å². The van der Waals surface area contributed by atoms with Gasteiger partial charge >= 0.3 is 0 Å². The lowest BCUT2D eigenvalue weighted by atomic mass is 10.2. The number of hydrogen-bond donors (Lipinski definition) is 1. The van der Waals surface area contributed by atoms with Crippen molar-refractivity contribution in [3.05, 3.63) is 28.6 Å². The van der Waals surface area contributed by atoms with E-state index >= 15 is 0 Å². The summed E-state index contributed by atoms with van der Waals surface area (Å²) in [5.74, 6) is 0. The van der Waals surface area contributed by atoms with Gasteiger partial charge < -0.3 is 5.32 Å². The van der Waals surface area contributed by atoms with Gasteiger partial charge in [-0.15, -0.1) is 11.3 Å². The molecule has 0 aliphatic heterocycles. The maximum absolute atomic E-state index is 4.36. The Morgan fingerprint density at radius 3 is 3.07 bits per heavy atom. The lowest BCUT2D eigenvalue weighted by Crippen LogP contribution is -2.02. The third-order valence-electron chi connectivity index (χ3n) is 2.01. The highest BCUT2D eigenvalue weighted by Gasteiger charge is 2.03. The zero-order valence-electron chi connectivity index (χ0n) is 8.32. The van der Waals surface area contributed by atoms with Crippen LogP contribution in [0.5, 0.6) is 0 Å². The Morgan fingerprint density at radius 2 is 2.43 bits per heavy atom. The highest BCUT2D eigenvalue weighted by Crippen LogP contribution is 2.23. The second-order valence-corrected chi connectivity index (χ2v) is 4.20. The van der Waals surface area contributed by atoms with Crippen molar-refractivity contribution in [1.29, 1.82) is 0 Å². The Morgan fingerprint density at radius 1 is 1.57 bits per heavy atom. The molecule has 0 unspecified atom stereocenters. The molecule has 2 heterocycles. The quantitative estimate of drug-likeness (QED) is 0.832. The molecule has 2 aromatic rings. The van der Waals surface area contributed by atoms with E-state index in [1.807, 2.05) is 31.0 Å². The molecule has 0 amide bonds. The maximum atomic E-state index is 4.36. The molecule has 14 heavy (non-hydrogen) atoms. The zero-order valence-corrected chi connectivity index (χ0v) is 9.14. The maximum Gasteiger partial charge on any atom is 0.0931 e. The minimum Gasteiger partial charge on any atom is -0.315 e. The van der Waals surface area contributed by atoms with Crippen LogP contribution in [-0.2, 0) is 13.6 Å². The van der Waals surface area contributed by atoms with Crippen molar-refractivity contribution in [2.45, 2.75) is 6.54 Å². The van der Waals surface area contributed by atoms with Gasteiger partial charge in [-0.25, -0.2) is 0 Å². The van der Waals surface area contributed by atoms with Crippen LogP contribution in [0, 0.1) is 0 Å². The summed E-state index contributed by atoms with van der Waals surface area (Å²) in [6.45, 7) is 0.928. The normalized spacial score (nSPS) is 10.7. The van der Waals surface area contributed by atoms with Gasteiger partial charge in [0.05, 0.1) is 5.69 Å². The molecule has 0 saturated heterocycles. The van der Waals surface area contributed by atoms with E-state index in [2.05, 4.69) is 21.9 Å². The lowest BCUT2D eigenvalue weighted by molar-refractivity contribution is 0.771. The molecule has 4 heteroatoms. The highest BCUT2D eigenvalue weighted by molar-refractivity contribution is 7.10. The van der Waals surface area contributed by atoms with Gasteiger partial charge in [0.2, 0.25) is 0 Å². The molecule has 3 nitrogen and oxygen atoms in total. The third kappa shape index (κ3) is 1.86. The Hall–Kier alpha value is -1.13. The molecule has 0 aromatic carbocycles. The van der Waals surface area contributed by atoms with Gasteiger partial charge in [0, 0.05) is 35.6 Å². The summed E-state index contributed by atoms with van der Waals surface area (Å²) in [5, 5.41) is 9.64. The molecule has 0 aliphatic carbocycles. The average Bonchev–Trinajstić information content (AvgIpc) is 2.74. The summed E-state index contributed by atoms with van der Waals surface area (Å²) in [5.41, 5.74) is 2.26. The molecule has 1 N–H and O–H groups in total. The Kier molecular flexibility index (Phi) is 2.65. The number of rotatable bonds is 3. The first-order chi connectivity index (χ1) is 6.79. The highest BCUT2D eigenvalue weighted by atomic mass is 32.1. The molecule has 0 saturated carbocycles. The topological polar surface area (TPSA) is 29.9 Å². The molecular weight excluding hydrogens is 194 g/mol. The Bertz CT molecular complexity index is 416. The van der Waals surface area contributed by atoms with Gasteiger partial charge in [-0.2, -0.15) is 5.10 Å². The number of aromatic nitrogens is 2. The summed E-state index contributed by atoms with van der Waals surface area (Å²) in [4.78, 5) is 1.34. The smallest absolute Gasteiger partial charge is 0.0931 e. The molecular formula is C10H13N3S. The molecule has 2 aromatic heterocycles. The predicted octanol–water partition coefficient (Wildman–Crippen LogP) is 1.87. The van der Waals surface area contributed by atoms with E-state index in [9.17, 15) is 0 Å². The standard InChI is InChI=1S/C10H13N3S/c1-11-6-9-5-8(7-14-9)10-3-4-13(2)12-10/h3-5,7,11H,6H2,1-2H3. The second kappa shape index (κ2) is 3.94. The summed E-state index contributed by atoms with van der Waals surface area (Å²) < 4.78 is 1.82. The first kappa shape index (κ1) is 9.43. The van der Waals surface area contributed by atoms with Crippen molar-refractivity contribution in [1.82, 2.24) is 15.1 Å². The summed E-state index contributed by atoms with van der Waals surface area (Å²) >= 11 is 1.77. The van der Waals surface area contributed by atoms with Gasteiger partial charge in [-0.05, 0) is 19.2 Å². The van der Waals surface area contributed by atoms with E-state index < -0.39 is 0 Å². The van der Waals surface area contributed by atoms with Gasteiger partial charge in [0.15, 0.2) is 0 Å². The molecule has 74 valence electrons. The molecule has 0 atom stereocenters. The summed E-state index contributed by atoms with van der Waals surface area (Å²) in [6.07, 6.45) is 1.96. The van der Waals surface area contributed by atoms with Crippen molar-refractivity contribution in [3.8, 4) is 11.3 Å². The van der Waals surface area contributed by atoms with Gasteiger partial charge in [0.1, 0.15) is 0 Å². The summed E-state index contributed by atoms with van der Waals surface area (Å²) in [6, 6.07) is 4.22. The molecule has 0 aliphatic rings. The van der Waals surface area contributed by atoms with Gasteiger partial charge in [-0.3, -0.25) is 4.68 Å². The minimum absolute atomic E-state index is 0.928. The first-order valence-corrected chi connectivity index (χ1v) is 5.39. The van der Waals surface area contributed by atoms with E-state index in [-0.39, 0.29) is 0 Å². The van der Waals surface area contributed by atoms with Crippen LogP contribution < -0.4 is 5.32 Å². The van der Waals surface area contributed by atoms with Crippen molar-refractivity contribution in [2.75, 3.05) is 7.05 Å². The fraction of sp³-hybridized carbons (Fsp3) is 0.300. The van der Waals surface area contributed by atoms with Gasteiger partial charge in [0.25, 0.3) is 0 Å². The van der Waals surface area contributed by atoms with Crippen molar-refractivity contribution in [2.24, 2.45) is 7.05 Å². The minimum atomic E-state index is 0.928. The van der Waals surface area contributed by atoms with E-state index in [4.69, 9.17) is 0 Å². The molecule has 0 spiro atoms. The van der Waals surface area contributed by atoms with E-state index in [0.717, 1.165) is 12.2 Å². The Labute approximate surface area is 87.4 Å². The van der Waals surface area contributed by atoms with Crippen LogP contribution in [0.15, 0.2) is 23.7 Å². The van der Waals surface area contributed by atoms with E-state index in [1.165, 1.54) is 10.4 Å². The predicted molar refractivity (Wildman–Crippen MR) is 59.3 cm³/mol. The summed E-state index contributed by atoms with van der Waals surface area (Å²) in [7, 11) is 3.89. The van der Waals surface area contributed by atoms with E-state index in [1.54, 1.807) is 11.3 Å². The zero-order chi connectivity index (χ0) is 9.97. The average molecular weight is 207 g/mol. The number of nitrogens with zero attached hydrogens (tertiary/aromatic N) is 2. The fourth-order valence-corrected chi connectivity index (χ4v) is 2.24. The fourth-order valence-electron chi connectivity index (χ4n) is 1.35. The largest absolute Gasteiger partial charge is 0.315 e. The van der Waals surface area contributed by atoms with Crippen LogP contribution in [0.3, 0.4) is 0 Å². The lowest BCUT2D eigenvalue weighted by Gasteiger charge is -1.91. The number of nitrogens with one attached hydrogen (secondary N) is 1. The van der Waals surface area contributed by atoms with Crippen LogP contribution >= 0.6 is 11.3 Å². The van der Waals surface area contributed by atoms with Crippen LogP contribution in [0.2, 0.25) is 0 Å². The van der Waals surface area contributed by atoms with Crippen LogP contribution in [0.1, 0.15) is 4.88 Å². The third-order valence-corrected chi connectivity index (χ3v) is 2.95. The SMILES string of the molecule is CNCc1cc(-c2ccn(C)n2)cs1. The van der Waals surface area contributed by atoms with Crippen LogP contribution in [0.25, 0.3) is 11.3 Å². The number of hydrogen-bond acceptors (Lipinski definition) is 3.